The Morgan fingerprint density at radius 3 is 2.46 bits per heavy atom. The lowest BCUT2D eigenvalue weighted by atomic mass is 10.1. The second kappa shape index (κ2) is 5.04. The lowest BCUT2D eigenvalue weighted by Crippen LogP contribution is -2.26. The minimum Gasteiger partial charge on any atom is -0.261 e. The van der Waals surface area contributed by atoms with E-state index >= 15 is 0 Å². The van der Waals surface area contributed by atoms with Crippen molar-refractivity contribution in [3.63, 3.8) is 0 Å². The van der Waals surface area contributed by atoms with Crippen LogP contribution in [0.5, 0.6) is 0 Å². The summed E-state index contributed by atoms with van der Waals surface area (Å²) < 4.78 is 27.1. The predicted octanol–water partition coefficient (Wildman–Crippen LogP) is 3.46. The van der Waals surface area contributed by atoms with E-state index in [4.69, 9.17) is 0 Å². The van der Waals surface area contributed by atoms with Crippen molar-refractivity contribution in [3.8, 4) is 0 Å². The number of anilines is 1. The number of nitro benzene ring substituents is 1. The minimum absolute atomic E-state index is 0.0534. The maximum Gasteiger partial charge on any atom is 0.269 e. The van der Waals surface area contributed by atoms with Crippen molar-refractivity contribution in [2.75, 3.05) is 4.31 Å². The summed E-state index contributed by atoms with van der Waals surface area (Å²) in [4.78, 5) is 10.7. The zero-order chi connectivity index (χ0) is 16.9. The van der Waals surface area contributed by atoms with Gasteiger partial charge >= 0.3 is 0 Å². The summed E-state index contributed by atoms with van der Waals surface area (Å²) in [5.41, 5.74) is 1.12. The van der Waals surface area contributed by atoms with Crippen molar-refractivity contribution in [2.24, 2.45) is 0 Å². The molecule has 0 saturated heterocycles. The number of benzene rings is 3. The third-order valence-electron chi connectivity index (χ3n) is 4.13. The van der Waals surface area contributed by atoms with Gasteiger partial charge in [-0.3, -0.25) is 14.4 Å². The van der Waals surface area contributed by atoms with Crippen LogP contribution in [0.15, 0.2) is 65.6 Å². The van der Waals surface area contributed by atoms with Crippen molar-refractivity contribution in [1.82, 2.24) is 0 Å². The molecule has 7 heteroatoms. The first kappa shape index (κ1) is 14.6. The highest BCUT2D eigenvalue weighted by Gasteiger charge is 2.35. The van der Waals surface area contributed by atoms with Crippen LogP contribution in [0.2, 0.25) is 0 Å². The van der Waals surface area contributed by atoms with E-state index in [1.165, 1.54) is 16.4 Å². The van der Waals surface area contributed by atoms with E-state index in [0.29, 0.717) is 16.6 Å². The topological polar surface area (TPSA) is 80.5 Å². The van der Waals surface area contributed by atoms with Gasteiger partial charge in [-0.15, -0.1) is 0 Å². The highest BCUT2D eigenvalue weighted by Crippen LogP contribution is 2.42. The molecule has 0 spiro atoms. The quantitative estimate of drug-likeness (QED) is 0.540. The van der Waals surface area contributed by atoms with Crippen LogP contribution < -0.4 is 4.31 Å². The third kappa shape index (κ3) is 2.05. The maximum absolute atomic E-state index is 12.9. The van der Waals surface area contributed by atoms with Crippen molar-refractivity contribution in [2.45, 2.75) is 11.4 Å². The van der Waals surface area contributed by atoms with E-state index in [-0.39, 0.29) is 17.1 Å². The Morgan fingerprint density at radius 2 is 1.71 bits per heavy atom. The largest absolute Gasteiger partial charge is 0.269 e. The molecule has 0 amide bonds. The summed E-state index contributed by atoms with van der Waals surface area (Å²) in [6, 6.07) is 16.6. The number of hydrogen-bond acceptors (Lipinski definition) is 4. The fraction of sp³-hybridized carbons (Fsp3) is 0.0588. The molecule has 0 radical (unpaired) electrons. The van der Waals surface area contributed by atoms with E-state index in [9.17, 15) is 18.5 Å². The maximum atomic E-state index is 12.9. The lowest BCUT2D eigenvalue weighted by Gasteiger charge is -2.18. The second-order valence-corrected chi connectivity index (χ2v) is 7.40. The van der Waals surface area contributed by atoms with Gasteiger partial charge in [0.15, 0.2) is 0 Å². The summed E-state index contributed by atoms with van der Waals surface area (Å²) in [5.74, 6) is 0. The lowest BCUT2D eigenvalue weighted by molar-refractivity contribution is -0.384. The molecule has 0 unspecified atom stereocenters. The van der Waals surface area contributed by atoms with Gasteiger partial charge < -0.3 is 0 Å². The Kier molecular flexibility index (Phi) is 3.07. The van der Waals surface area contributed by atoms with E-state index in [2.05, 4.69) is 0 Å². The van der Waals surface area contributed by atoms with Crippen LogP contribution in [0.3, 0.4) is 0 Å². The summed E-state index contributed by atoms with van der Waals surface area (Å²) in [6.45, 7) is 0.0534. The van der Waals surface area contributed by atoms with Crippen LogP contribution in [0, 0.1) is 10.1 Å². The van der Waals surface area contributed by atoms with Crippen LogP contribution in [0.25, 0.3) is 10.8 Å². The molecule has 3 aromatic carbocycles. The molecular formula is C17H12N2O4S. The molecule has 0 aliphatic carbocycles. The molecule has 1 heterocycles. The van der Waals surface area contributed by atoms with Crippen LogP contribution in [-0.4, -0.2) is 13.3 Å². The number of nitro groups is 1. The Hall–Kier alpha value is -2.93. The highest BCUT2D eigenvalue weighted by atomic mass is 32.2. The van der Waals surface area contributed by atoms with Gasteiger partial charge in [-0.25, -0.2) is 8.42 Å². The molecule has 4 rings (SSSR count). The zero-order valence-electron chi connectivity index (χ0n) is 12.4. The summed E-state index contributed by atoms with van der Waals surface area (Å²) in [6.07, 6.45) is 0. The number of sulfonamides is 1. The molecule has 3 aromatic rings. The van der Waals surface area contributed by atoms with Gasteiger partial charge in [-0.1, -0.05) is 36.4 Å². The molecule has 0 fully saturated rings. The number of non-ortho nitro benzene ring substituents is 1. The Balaban J connectivity index is 1.84. The Labute approximate surface area is 138 Å². The number of nitrogens with zero attached hydrogens (tertiary/aromatic N) is 2. The Bertz CT molecular complexity index is 1090. The standard InChI is InChI=1S/C17H12N2O4S/c20-19(21)14-7-1-4-12(10-14)11-18-15-8-2-5-13-6-3-9-16(17(13)15)24(18,22)23/h1-10H,11H2. The fourth-order valence-corrected chi connectivity index (χ4v) is 4.76. The summed E-state index contributed by atoms with van der Waals surface area (Å²) in [5, 5.41) is 12.5. The molecule has 1 aliphatic heterocycles. The molecule has 24 heavy (non-hydrogen) atoms. The predicted molar refractivity (Wildman–Crippen MR) is 90.4 cm³/mol. The monoisotopic (exact) mass is 340 g/mol. The summed E-state index contributed by atoms with van der Waals surface area (Å²) >= 11 is 0. The van der Waals surface area contributed by atoms with Gasteiger partial charge in [-0.2, -0.15) is 0 Å². The SMILES string of the molecule is O=[N+]([O-])c1cccc(CN2c3cccc4cccc(c34)S2(=O)=O)c1. The van der Waals surface area contributed by atoms with Crippen molar-refractivity contribution in [3.05, 3.63) is 76.3 Å². The molecular weight excluding hydrogens is 328 g/mol. The first-order valence-corrected chi connectivity index (χ1v) is 8.70. The molecule has 0 N–H and O–H groups in total. The van der Waals surface area contributed by atoms with E-state index in [0.717, 1.165) is 5.39 Å². The van der Waals surface area contributed by atoms with E-state index < -0.39 is 14.9 Å². The molecule has 0 aromatic heterocycles. The fourth-order valence-electron chi connectivity index (χ4n) is 3.06. The van der Waals surface area contributed by atoms with Gasteiger partial charge in [-0.05, 0) is 23.1 Å². The molecule has 0 bridgehead atoms. The third-order valence-corrected chi connectivity index (χ3v) is 5.93. The number of rotatable bonds is 3. The summed E-state index contributed by atoms with van der Waals surface area (Å²) in [7, 11) is -3.67. The normalized spacial score (nSPS) is 14.9. The molecule has 6 nitrogen and oxygen atoms in total. The van der Waals surface area contributed by atoms with Crippen molar-refractivity contribution >= 4 is 32.2 Å². The van der Waals surface area contributed by atoms with Crippen LogP contribution >= 0.6 is 0 Å². The molecule has 120 valence electrons. The minimum atomic E-state index is -3.67. The van der Waals surface area contributed by atoms with Gasteiger partial charge in [0, 0.05) is 17.5 Å². The van der Waals surface area contributed by atoms with Crippen molar-refractivity contribution < 1.29 is 13.3 Å². The van der Waals surface area contributed by atoms with Crippen LogP contribution in [-0.2, 0) is 16.6 Å². The highest BCUT2D eigenvalue weighted by molar-refractivity contribution is 7.93. The second-order valence-electron chi connectivity index (χ2n) is 5.57. The van der Waals surface area contributed by atoms with Crippen molar-refractivity contribution in [1.29, 1.82) is 0 Å². The average molecular weight is 340 g/mol. The molecule has 1 aliphatic rings. The van der Waals surface area contributed by atoms with E-state index in [1.807, 2.05) is 18.2 Å². The molecule has 0 atom stereocenters. The van der Waals surface area contributed by atoms with E-state index in [1.54, 1.807) is 30.3 Å². The van der Waals surface area contributed by atoms with Gasteiger partial charge in [0.1, 0.15) is 0 Å². The van der Waals surface area contributed by atoms with Crippen LogP contribution in [0.4, 0.5) is 11.4 Å². The Morgan fingerprint density at radius 1 is 1.00 bits per heavy atom. The average Bonchev–Trinajstić information content (AvgIpc) is 2.79. The first-order chi connectivity index (χ1) is 11.5. The number of hydrogen-bond donors (Lipinski definition) is 0. The first-order valence-electron chi connectivity index (χ1n) is 7.26. The van der Waals surface area contributed by atoms with Gasteiger partial charge in [0.05, 0.1) is 22.1 Å². The van der Waals surface area contributed by atoms with Gasteiger partial charge in [0.25, 0.3) is 15.7 Å². The zero-order valence-corrected chi connectivity index (χ0v) is 13.2. The van der Waals surface area contributed by atoms with Gasteiger partial charge in [0.2, 0.25) is 0 Å². The molecule has 0 saturated carbocycles. The van der Waals surface area contributed by atoms with Crippen LogP contribution in [0.1, 0.15) is 5.56 Å². The smallest absolute Gasteiger partial charge is 0.261 e.